The van der Waals surface area contributed by atoms with Crippen molar-refractivity contribution in [2.24, 2.45) is 0 Å². The summed E-state index contributed by atoms with van der Waals surface area (Å²) in [7, 11) is 1.58. The van der Waals surface area contributed by atoms with Gasteiger partial charge in [0.05, 0.1) is 31.9 Å². The summed E-state index contributed by atoms with van der Waals surface area (Å²) in [6.45, 7) is 5.00. The zero-order valence-electron chi connectivity index (χ0n) is 20.6. The third kappa shape index (κ3) is 5.05. The molecule has 1 N–H and O–H groups in total. The van der Waals surface area contributed by atoms with E-state index in [-0.39, 0.29) is 17.9 Å². The van der Waals surface area contributed by atoms with Crippen LogP contribution in [-0.2, 0) is 16.1 Å². The van der Waals surface area contributed by atoms with Crippen LogP contribution >= 0.6 is 0 Å². The highest BCUT2D eigenvalue weighted by atomic mass is 16.5. The van der Waals surface area contributed by atoms with Crippen LogP contribution in [0.2, 0.25) is 0 Å². The van der Waals surface area contributed by atoms with Crippen molar-refractivity contribution in [1.29, 1.82) is 0 Å². The first kappa shape index (κ1) is 24.9. The Morgan fingerprint density at radius 1 is 0.806 bits per heavy atom. The fraction of sp³-hybridized carbons (Fsp3) is 0.241. The summed E-state index contributed by atoms with van der Waals surface area (Å²) in [5.41, 5.74) is 1.99. The van der Waals surface area contributed by atoms with Crippen LogP contribution in [0.15, 0.2) is 78.4 Å². The molecule has 7 nitrogen and oxygen atoms in total. The van der Waals surface area contributed by atoms with Crippen LogP contribution < -0.4 is 14.2 Å². The van der Waals surface area contributed by atoms with E-state index in [0.29, 0.717) is 41.6 Å². The van der Waals surface area contributed by atoms with Gasteiger partial charge in [-0.3, -0.25) is 9.59 Å². The largest absolute Gasteiger partial charge is 0.507 e. The lowest BCUT2D eigenvalue weighted by atomic mass is 9.95. The first-order valence-electron chi connectivity index (χ1n) is 11.8. The summed E-state index contributed by atoms with van der Waals surface area (Å²) in [5.74, 6) is 0.398. The number of rotatable bonds is 9. The third-order valence-corrected chi connectivity index (χ3v) is 6.00. The molecule has 186 valence electrons. The summed E-state index contributed by atoms with van der Waals surface area (Å²) in [5, 5.41) is 11.2. The Bertz CT molecular complexity index is 1250. The van der Waals surface area contributed by atoms with Gasteiger partial charge in [0.2, 0.25) is 0 Å². The highest BCUT2D eigenvalue weighted by molar-refractivity contribution is 6.46. The zero-order chi connectivity index (χ0) is 25.7. The fourth-order valence-corrected chi connectivity index (χ4v) is 4.26. The molecule has 0 spiro atoms. The number of hydrogen-bond donors (Lipinski definition) is 1. The Morgan fingerprint density at radius 2 is 1.33 bits per heavy atom. The van der Waals surface area contributed by atoms with Gasteiger partial charge >= 0.3 is 0 Å². The molecule has 1 aliphatic rings. The number of ketones is 1. The van der Waals surface area contributed by atoms with Gasteiger partial charge in [-0.1, -0.05) is 24.3 Å². The number of likely N-dealkylation sites (tertiary alicyclic amines) is 1. The molecule has 0 aliphatic carbocycles. The van der Waals surface area contributed by atoms with Crippen LogP contribution in [0.4, 0.5) is 0 Å². The quantitative estimate of drug-likeness (QED) is 0.256. The maximum atomic E-state index is 13.3. The molecule has 0 aromatic heterocycles. The lowest BCUT2D eigenvalue weighted by Crippen LogP contribution is -2.29. The van der Waals surface area contributed by atoms with Gasteiger partial charge in [0.15, 0.2) is 0 Å². The minimum atomic E-state index is -0.769. The summed E-state index contributed by atoms with van der Waals surface area (Å²) < 4.78 is 16.3. The monoisotopic (exact) mass is 487 g/mol. The zero-order valence-corrected chi connectivity index (χ0v) is 20.6. The number of carbonyl (C=O) groups excluding carboxylic acids is 2. The highest BCUT2D eigenvalue weighted by Crippen LogP contribution is 2.41. The Balaban J connectivity index is 1.78. The van der Waals surface area contributed by atoms with Crippen molar-refractivity contribution in [1.82, 2.24) is 4.90 Å². The second-order valence-corrected chi connectivity index (χ2v) is 8.23. The number of nitrogens with zero attached hydrogens (tertiary/aromatic N) is 1. The summed E-state index contributed by atoms with van der Waals surface area (Å²) in [6.07, 6.45) is 0. The SMILES string of the molecule is CCOc1ccc(/C(O)=C2/C(=O)C(=O)N(Cc3ccc(OC)cc3)C2c2ccc(OCC)cc2)cc1. The minimum absolute atomic E-state index is 0.0434. The van der Waals surface area contributed by atoms with Crippen molar-refractivity contribution in [2.45, 2.75) is 26.4 Å². The Kier molecular flexibility index (Phi) is 7.59. The summed E-state index contributed by atoms with van der Waals surface area (Å²) in [4.78, 5) is 28.0. The number of amides is 1. The van der Waals surface area contributed by atoms with Gasteiger partial charge in [0.1, 0.15) is 23.0 Å². The average Bonchev–Trinajstić information content (AvgIpc) is 3.15. The first-order chi connectivity index (χ1) is 17.5. The molecule has 1 atom stereocenters. The van der Waals surface area contributed by atoms with E-state index in [9.17, 15) is 14.7 Å². The number of aliphatic hydroxyl groups is 1. The molecule has 7 heteroatoms. The maximum absolute atomic E-state index is 13.3. The van der Waals surface area contributed by atoms with Crippen molar-refractivity contribution < 1.29 is 28.9 Å². The minimum Gasteiger partial charge on any atom is -0.507 e. The predicted molar refractivity (Wildman–Crippen MR) is 136 cm³/mol. The van der Waals surface area contributed by atoms with Gasteiger partial charge in [0.25, 0.3) is 11.7 Å². The van der Waals surface area contributed by atoms with Crippen LogP contribution in [0, 0.1) is 0 Å². The number of methoxy groups -OCH3 is 1. The highest BCUT2D eigenvalue weighted by Gasteiger charge is 2.46. The van der Waals surface area contributed by atoms with Gasteiger partial charge in [0, 0.05) is 12.1 Å². The van der Waals surface area contributed by atoms with Gasteiger partial charge < -0.3 is 24.2 Å². The summed E-state index contributed by atoms with van der Waals surface area (Å²) >= 11 is 0. The van der Waals surface area contributed by atoms with Crippen molar-refractivity contribution in [2.75, 3.05) is 20.3 Å². The molecule has 0 saturated carbocycles. The van der Waals surface area contributed by atoms with Gasteiger partial charge in [-0.15, -0.1) is 0 Å². The van der Waals surface area contributed by atoms with Gasteiger partial charge in [-0.2, -0.15) is 0 Å². The molecule has 1 saturated heterocycles. The van der Waals surface area contributed by atoms with E-state index in [2.05, 4.69) is 0 Å². The van der Waals surface area contributed by atoms with E-state index >= 15 is 0 Å². The maximum Gasteiger partial charge on any atom is 0.295 e. The number of carbonyl (C=O) groups is 2. The number of hydrogen-bond acceptors (Lipinski definition) is 6. The van der Waals surface area contributed by atoms with E-state index in [1.54, 1.807) is 55.6 Å². The van der Waals surface area contributed by atoms with Gasteiger partial charge in [-0.25, -0.2) is 0 Å². The van der Waals surface area contributed by atoms with E-state index in [4.69, 9.17) is 14.2 Å². The van der Waals surface area contributed by atoms with E-state index in [0.717, 1.165) is 5.56 Å². The standard InChI is InChI=1S/C29H29NO6/c1-4-35-23-14-8-20(9-15-23)26-25(27(31)21-10-16-24(17-11-21)36-5-2)28(32)29(33)30(26)18-19-6-12-22(34-3)13-7-19/h6-17,26,31H,4-5,18H2,1-3H3/b27-25-. The topological polar surface area (TPSA) is 85.3 Å². The Labute approximate surface area is 210 Å². The molecule has 1 fully saturated rings. The molecule has 1 amide bonds. The van der Waals surface area contributed by atoms with Crippen LogP contribution in [0.3, 0.4) is 0 Å². The molecule has 4 rings (SSSR count). The van der Waals surface area contributed by atoms with Crippen LogP contribution in [0.5, 0.6) is 17.2 Å². The molecule has 1 heterocycles. The molecular weight excluding hydrogens is 458 g/mol. The Morgan fingerprint density at radius 3 is 1.86 bits per heavy atom. The lowest BCUT2D eigenvalue weighted by molar-refractivity contribution is -0.140. The van der Waals surface area contributed by atoms with Crippen molar-refractivity contribution in [3.63, 3.8) is 0 Å². The van der Waals surface area contributed by atoms with Crippen molar-refractivity contribution in [3.8, 4) is 17.2 Å². The normalized spacial score (nSPS) is 16.8. The van der Waals surface area contributed by atoms with Crippen LogP contribution in [-0.4, -0.2) is 42.0 Å². The molecule has 3 aromatic carbocycles. The Hall–Kier alpha value is -4.26. The molecule has 36 heavy (non-hydrogen) atoms. The molecule has 0 bridgehead atoms. The van der Waals surface area contributed by atoms with E-state index in [1.165, 1.54) is 4.90 Å². The third-order valence-electron chi connectivity index (χ3n) is 6.00. The van der Waals surface area contributed by atoms with Gasteiger partial charge in [-0.05, 0) is 73.5 Å². The molecule has 1 unspecified atom stereocenters. The summed E-state index contributed by atoms with van der Waals surface area (Å²) in [6, 6.07) is 20.5. The first-order valence-corrected chi connectivity index (χ1v) is 11.8. The number of ether oxygens (including phenoxy) is 3. The number of aliphatic hydroxyl groups excluding tert-OH is 1. The molecule has 1 aliphatic heterocycles. The van der Waals surface area contributed by atoms with E-state index < -0.39 is 17.7 Å². The second kappa shape index (κ2) is 11.0. The molecule has 0 radical (unpaired) electrons. The van der Waals surface area contributed by atoms with Crippen molar-refractivity contribution in [3.05, 3.63) is 95.1 Å². The van der Waals surface area contributed by atoms with E-state index in [1.807, 2.05) is 38.1 Å². The average molecular weight is 488 g/mol. The number of benzene rings is 3. The predicted octanol–water partition coefficient (Wildman–Crippen LogP) is 5.11. The van der Waals surface area contributed by atoms with Crippen molar-refractivity contribution >= 4 is 17.4 Å². The van der Waals surface area contributed by atoms with Crippen LogP contribution in [0.1, 0.15) is 36.6 Å². The smallest absolute Gasteiger partial charge is 0.295 e. The lowest BCUT2D eigenvalue weighted by Gasteiger charge is -2.25. The molecule has 3 aromatic rings. The number of Topliss-reactive ketones (excluding diaryl/α,β-unsaturated/α-hetero) is 1. The van der Waals surface area contributed by atoms with Crippen LogP contribution in [0.25, 0.3) is 5.76 Å². The second-order valence-electron chi connectivity index (χ2n) is 8.23. The molecular formula is C29H29NO6. The fourth-order valence-electron chi connectivity index (χ4n) is 4.26.